The second kappa shape index (κ2) is 6.81. The van der Waals surface area contributed by atoms with Gasteiger partial charge in [0.05, 0.1) is 0 Å². The zero-order valence-corrected chi connectivity index (χ0v) is 13.7. The van der Waals surface area contributed by atoms with Crippen LogP contribution in [0.5, 0.6) is 0 Å². The first-order valence-corrected chi connectivity index (χ1v) is 8.70. The van der Waals surface area contributed by atoms with Gasteiger partial charge in [-0.15, -0.1) is 11.3 Å². The number of likely N-dealkylation sites (N-methyl/N-ethyl adjacent to an activating group) is 1. The van der Waals surface area contributed by atoms with E-state index in [1.807, 2.05) is 40.4 Å². The molecule has 6 heteroatoms. The van der Waals surface area contributed by atoms with E-state index in [0.29, 0.717) is 12.2 Å². The van der Waals surface area contributed by atoms with Crippen LogP contribution in [0.3, 0.4) is 0 Å². The third kappa shape index (κ3) is 3.40. The van der Waals surface area contributed by atoms with Crippen LogP contribution < -0.4 is 0 Å². The van der Waals surface area contributed by atoms with Gasteiger partial charge in [-0.3, -0.25) is 9.78 Å². The predicted molar refractivity (Wildman–Crippen MR) is 90.3 cm³/mol. The molecule has 3 aromatic rings. The van der Waals surface area contributed by atoms with E-state index in [9.17, 15) is 4.79 Å². The van der Waals surface area contributed by atoms with Crippen LogP contribution in [0.1, 0.15) is 16.2 Å². The number of nitrogens with zero attached hydrogens (tertiary/aromatic N) is 3. The average Bonchev–Trinajstić information content (AvgIpc) is 3.23. The van der Waals surface area contributed by atoms with E-state index in [2.05, 4.69) is 9.97 Å². The highest BCUT2D eigenvalue weighted by molar-refractivity contribution is 7.14. The Morgan fingerprint density at radius 2 is 2.18 bits per heavy atom. The summed E-state index contributed by atoms with van der Waals surface area (Å²) in [7, 11) is 1.80. The van der Waals surface area contributed by atoms with Gasteiger partial charge in [0.1, 0.15) is 10.7 Å². The summed E-state index contributed by atoms with van der Waals surface area (Å²) in [5.74, 6) is -0.0475. The van der Waals surface area contributed by atoms with Crippen molar-refractivity contribution in [2.75, 3.05) is 13.6 Å². The molecule has 0 unspecified atom stereocenters. The maximum absolute atomic E-state index is 12.4. The molecule has 1 amide bonds. The van der Waals surface area contributed by atoms with Crippen LogP contribution >= 0.6 is 22.7 Å². The van der Waals surface area contributed by atoms with Crippen molar-refractivity contribution in [3.05, 3.63) is 58.0 Å². The molecule has 0 saturated carbocycles. The fourth-order valence-electron chi connectivity index (χ4n) is 2.02. The lowest BCUT2D eigenvalue weighted by atomic mass is 10.2. The van der Waals surface area contributed by atoms with Crippen molar-refractivity contribution in [3.63, 3.8) is 0 Å². The number of hydrogen-bond donors (Lipinski definition) is 0. The first-order valence-electron chi connectivity index (χ1n) is 6.87. The van der Waals surface area contributed by atoms with Crippen LogP contribution in [-0.4, -0.2) is 34.4 Å². The minimum absolute atomic E-state index is 0.0475. The molecule has 0 aliphatic heterocycles. The smallest absolute Gasteiger partial charge is 0.273 e. The van der Waals surface area contributed by atoms with Gasteiger partial charge in [0.2, 0.25) is 0 Å². The summed E-state index contributed by atoms with van der Waals surface area (Å²) in [6.45, 7) is 0.626. The zero-order valence-electron chi connectivity index (χ0n) is 12.1. The topological polar surface area (TPSA) is 46.1 Å². The summed E-state index contributed by atoms with van der Waals surface area (Å²) < 4.78 is 0. The molecule has 0 atom stereocenters. The number of aromatic nitrogens is 2. The monoisotopic (exact) mass is 329 g/mol. The summed E-state index contributed by atoms with van der Waals surface area (Å²) in [5.41, 5.74) is 2.57. The minimum atomic E-state index is -0.0475. The van der Waals surface area contributed by atoms with E-state index in [0.717, 1.165) is 22.7 Å². The molecule has 0 aliphatic rings. The quantitative estimate of drug-likeness (QED) is 0.719. The molecule has 3 heterocycles. The normalized spacial score (nSPS) is 10.6. The summed E-state index contributed by atoms with van der Waals surface area (Å²) in [6, 6.07) is 7.83. The van der Waals surface area contributed by atoms with E-state index in [4.69, 9.17) is 0 Å². The van der Waals surface area contributed by atoms with E-state index >= 15 is 0 Å². The van der Waals surface area contributed by atoms with Crippen molar-refractivity contribution >= 4 is 28.6 Å². The fraction of sp³-hybridized carbons (Fsp3) is 0.188. The summed E-state index contributed by atoms with van der Waals surface area (Å²) >= 11 is 3.13. The zero-order chi connectivity index (χ0) is 15.4. The molecular formula is C16H15N3OS2. The van der Waals surface area contributed by atoms with Crippen LogP contribution in [0.2, 0.25) is 0 Å². The maximum atomic E-state index is 12.4. The maximum Gasteiger partial charge on any atom is 0.273 e. The summed E-state index contributed by atoms with van der Waals surface area (Å²) in [5, 5.41) is 6.77. The van der Waals surface area contributed by atoms with Crippen molar-refractivity contribution < 1.29 is 4.79 Å². The van der Waals surface area contributed by atoms with E-state index in [1.165, 1.54) is 11.3 Å². The van der Waals surface area contributed by atoms with Crippen LogP contribution in [0.4, 0.5) is 0 Å². The second-order valence-electron chi connectivity index (χ2n) is 4.85. The molecule has 4 nitrogen and oxygen atoms in total. The van der Waals surface area contributed by atoms with Crippen LogP contribution in [0, 0.1) is 0 Å². The number of rotatable bonds is 5. The average molecular weight is 329 g/mol. The Bertz CT molecular complexity index is 738. The van der Waals surface area contributed by atoms with Gasteiger partial charge in [0, 0.05) is 48.2 Å². The number of thiazole rings is 1. The van der Waals surface area contributed by atoms with Gasteiger partial charge in [0.25, 0.3) is 5.91 Å². The van der Waals surface area contributed by atoms with Gasteiger partial charge in [-0.1, -0.05) is 6.07 Å². The van der Waals surface area contributed by atoms with Crippen molar-refractivity contribution in [1.29, 1.82) is 0 Å². The van der Waals surface area contributed by atoms with Crippen LogP contribution in [-0.2, 0) is 6.42 Å². The molecule has 0 saturated heterocycles. The van der Waals surface area contributed by atoms with E-state index < -0.39 is 0 Å². The SMILES string of the molecule is CN(CCc1ccccn1)C(=O)c1csc(-c2ccsc2)n1. The Kier molecular flexibility index (Phi) is 4.60. The third-order valence-electron chi connectivity index (χ3n) is 3.27. The first kappa shape index (κ1) is 14.9. The highest BCUT2D eigenvalue weighted by Gasteiger charge is 2.16. The Morgan fingerprint density at radius 1 is 1.27 bits per heavy atom. The molecule has 0 spiro atoms. The Morgan fingerprint density at radius 3 is 2.91 bits per heavy atom. The van der Waals surface area contributed by atoms with Gasteiger partial charge in [-0.2, -0.15) is 11.3 Å². The highest BCUT2D eigenvalue weighted by Crippen LogP contribution is 2.26. The molecule has 0 N–H and O–H groups in total. The first-order chi connectivity index (χ1) is 10.7. The van der Waals surface area contributed by atoms with Crippen molar-refractivity contribution in [2.45, 2.75) is 6.42 Å². The van der Waals surface area contributed by atoms with Crippen molar-refractivity contribution in [1.82, 2.24) is 14.9 Å². The van der Waals surface area contributed by atoms with Crippen LogP contribution in [0.25, 0.3) is 10.6 Å². The fourth-order valence-corrected chi connectivity index (χ4v) is 3.52. The molecule has 0 fully saturated rings. The van der Waals surface area contributed by atoms with Gasteiger partial charge in [-0.25, -0.2) is 4.98 Å². The lowest BCUT2D eigenvalue weighted by Gasteiger charge is -2.15. The van der Waals surface area contributed by atoms with Gasteiger partial charge in [-0.05, 0) is 23.6 Å². The number of carbonyl (C=O) groups excluding carboxylic acids is 1. The van der Waals surface area contributed by atoms with Crippen molar-refractivity contribution in [2.24, 2.45) is 0 Å². The van der Waals surface area contributed by atoms with Gasteiger partial charge in [0.15, 0.2) is 0 Å². The molecule has 22 heavy (non-hydrogen) atoms. The molecule has 0 bridgehead atoms. The van der Waals surface area contributed by atoms with E-state index in [-0.39, 0.29) is 5.91 Å². The molecule has 112 valence electrons. The molecule has 0 radical (unpaired) electrons. The van der Waals surface area contributed by atoms with Gasteiger partial charge >= 0.3 is 0 Å². The second-order valence-corrected chi connectivity index (χ2v) is 6.49. The highest BCUT2D eigenvalue weighted by atomic mass is 32.1. The molecule has 0 aliphatic carbocycles. The Hall–Kier alpha value is -2.05. The lowest BCUT2D eigenvalue weighted by Crippen LogP contribution is -2.29. The Labute approximate surface area is 137 Å². The van der Waals surface area contributed by atoms with Crippen LogP contribution in [0.15, 0.2) is 46.6 Å². The lowest BCUT2D eigenvalue weighted by molar-refractivity contribution is 0.0791. The van der Waals surface area contributed by atoms with Gasteiger partial charge < -0.3 is 4.90 Å². The number of pyridine rings is 1. The molecule has 0 aromatic carbocycles. The van der Waals surface area contributed by atoms with E-state index in [1.54, 1.807) is 29.5 Å². The van der Waals surface area contributed by atoms with Crippen molar-refractivity contribution in [3.8, 4) is 10.6 Å². The summed E-state index contributed by atoms with van der Waals surface area (Å²) in [6.07, 6.45) is 2.51. The molecule has 3 aromatic heterocycles. The number of amides is 1. The third-order valence-corrected chi connectivity index (χ3v) is 4.84. The largest absolute Gasteiger partial charge is 0.340 e. The molecule has 3 rings (SSSR count). The number of carbonyl (C=O) groups is 1. The predicted octanol–water partition coefficient (Wildman–Crippen LogP) is 3.58. The summed E-state index contributed by atoms with van der Waals surface area (Å²) in [4.78, 5) is 22.8. The number of hydrogen-bond acceptors (Lipinski definition) is 5. The molecular weight excluding hydrogens is 314 g/mol. The number of thiophene rings is 1. The standard InChI is InChI=1S/C16H15N3OS2/c1-19(8-5-13-4-2-3-7-17-13)16(20)14-11-22-15(18-14)12-6-9-21-10-12/h2-4,6-7,9-11H,5,8H2,1H3. The Balaban J connectivity index is 1.63. The minimum Gasteiger partial charge on any atom is -0.340 e.